The van der Waals surface area contributed by atoms with Gasteiger partial charge in [0.2, 0.25) is 5.91 Å². The van der Waals surface area contributed by atoms with Crippen LogP contribution in [0.1, 0.15) is 21.5 Å². The van der Waals surface area contributed by atoms with Gasteiger partial charge in [-0.2, -0.15) is 0 Å². The smallest absolute Gasteiger partial charge is 0.237 e. The Morgan fingerprint density at radius 2 is 2.05 bits per heavy atom. The van der Waals surface area contributed by atoms with Gasteiger partial charge in [-0.3, -0.25) is 9.59 Å². The zero-order valence-corrected chi connectivity index (χ0v) is 12.5. The summed E-state index contributed by atoms with van der Waals surface area (Å²) in [5.74, 6) is 0.526. The highest BCUT2D eigenvalue weighted by Gasteiger charge is 2.25. The molecular formula is C17H15NO2S. The molecule has 3 rings (SSSR count). The average molecular weight is 297 g/mol. The summed E-state index contributed by atoms with van der Waals surface area (Å²) < 4.78 is 0. The van der Waals surface area contributed by atoms with E-state index in [1.807, 2.05) is 37.3 Å². The van der Waals surface area contributed by atoms with E-state index in [2.05, 4.69) is 0 Å². The van der Waals surface area contributed by atoms with Crippen molar-refractivity contribution in [2.45, 2.75) is 18.4 Å². The van der Waals surface area contributed by atoms with Gasteiger partial charge in [-0.25, -0.2) is 0 Å². The van der Waals surface area contributed by atoms with Crippen LogP contribution in [0.25, 0.3) is 0 Å². The van der Waals surface area contributed by atoms with Crippen LogP contribution in [0, 0.1) is 6.92 Å². The van der Waals surface area contributed by atoms with Crippen molar-refractivity contribution in [3.05, 3.63) is 59.2 Å². The fourth-order valence-electron chi connectivity index (χ4n) is 2.42. The molecule has 0 N–H and O–H groups in total. The minimum absolute atomic E-state index is 0.0822. The maximum Gasteiger partial charge on any atom is 0.237 e. The zero-order chi connectivity index (χ0) is 14.8. The molecule has 1 amide bonds. The van der Waals surface area contributed by atoms with Gasteiger partial charge in [0.1, 0.15) is 6.29 Å². The van der Waals surface area contributed by atoms with E-state index in [9.17, 15) is 9.59 Å². The third kappa shape index (κ3) is 2.72. The summed E-state index contributed by atoms with van der Waals surface area (Å²) in [6, 6.07) is 13.6. The summed E-state index contributed by atoms with van der Waals surface area (Å²) in [7, 11) is 0. The number of carbonyl (C=O) groups excluding carboxylic acids is 2. The minimum atomic E-state index is 0.0822. The van der Waals surface area contributed by atoms with Crippen LogP contribution in [-0.4, -0.2) is 17.9 Å². The van der Waals surface area contributed by atoms with Crippen molar-refractivity contribution >= 4 is 29.6 Å². The van der Waals surface area contributed by atoms with Crippen molar-refractivity contribution in [3.8, 4) is 0 Å². The van der Waals surface area contributed by atoms with E-state index in [-0.39, 0.29) is 5.91 Å². The first-order chi connectivity index (χ1) is 10.2. The molecule has 0 unspecified atom stereocenters. The van der Waals surface area contributed by atoms with E-state index in [0.717, 1.165) is 28.0 Å². The largest absolute Gasteiger partial charge is 0.306 e. The van der Waals surface area contributed by atoms with Crippen LogP contribution >= 0.6 is 11.8 Å². The van der Waals surface area contributed by atoms with Crippen LogP contribution in [0.3, 0.4) is 0 Å². The Labute approximate surface area is 128 Å². The Hall–Kier alpha value is -2.07. The first-order valence-corrected chi connectivity index (χ1v) is 7.74. The van der Waals surface area contributed by atoms with Gasteiger partial charge in [0.15, 0.2) is 0 Å². The molecule has 1 heterocycles. The van der Waals surface area contributed by atoms with Gasteiger partial charge in [-0.15, -0.1) is 11.8 Å². The quantitative estimate of drug-likeness (QED) is 0.814. The SMILES string of the molecule is Cc1ccccc1CN1C(=O)CSc2ccc(C=O)cc21. The third-order valence-corrected chi connectivity index (χ3v) is 4.70. The van der Waals surface area contributed by atoms with E-state index >= 15 is 0 Å². The van der Waals surface area contributed by atoms with Crippen LogP contribution in [0.5, 0.6) is 0 Å². The molecule has 2 aromatic rings. The number of aldehydes is 1. The van der Waals surface area contributed by atoms with Gasteiger partial charge >= 0.3 is 0 Å². The summed E-state index contributed by atoms with van der Waals surface area (Å²) in [4.78, 5) is 26.1. The number of carbonyl (C=O) groups is 2. The summed E-state index contributed by atoms with van der Waals surface area (Å²) in [5.41, 5.74) is 3.72. The maximum atomic E-state index is 12.3. The molecule has 2 aromatic carbocycles. The predicted octanol–water partition coefficient (Wildman–Crippen LogP) is 3.45. The van der Waals surface area contributed by atoms with Crippen molar-refractivity contribution in [2.24, 2.45) is 0 Å². The molecule has 0 saturated carbocycles. The number of hydrogen-bond acceptors (Lipinski definition) is 3. The van der Waals surface area contributed by atoms with E-state index in [1.54, 1.807) is 17.0 Å². The van der Waals surface area contributed by atoms with Crippen LogP contribution in [-0.2, 0) is 11.3 Å². The molecule has 0 radical (unpaired) electrons. The molecule has 0 saturated heterocycles. The lowest BCUT2D eigenvalue weighted by Crippen LogP contribution is -2.35. The predicted molar refractivity (Wildman–Crippen MR) is 84.9 cm³/mol. The summed E-state index contributed by atoms with van der Waals surface area (Å²) in [6.07, 6.45) is 0.815. The molecule has 0 fully saturated rings. The van der Waals surface area contributed by atoms with Gasteiger partial charge < -0.3 is 4.90 Å². The minimum Gasteiger partial charge on any atom is -0.306 e. The highest BCUT2D eigenvalue weighted by Crippen LogP contribution is 2.36. The van der Waals surface area contributed by atoms with Crippen LogP contribution in [0.2, 0.25) is 0 Å². The first kappa shape index (κ1) is 13.9. The fourth-order valence-corrected chi connectivity index (χ4v) is 3.34. The molecule has 4 heteroatoms. The fraction of sp³-hybridized carbons (Fsp3) is 0.176. The van der Waals surface area contributed by atoms with Gasteiger partial charge in [0, 0.05) is 10.5 Å². The molecule has 21 heavy (non-hydrogen) atoms. The number of nitrogens with zero attached hydrogens (tertiary/aromatic N) is 1. The molecule has 3 nitrogen and oxygen atoms in total. The standard InChI is InChI=1S/C17H15NO2S/c1-12-4-2-3-5-14(12)9-18-15-8-13(10-19)6-7-16(15)21-11-17(18)20/h2-8,10H,9,11H2,1H3. The van der Waals surface area contributed by atoms with Gasteiger partial charge in [-0.05, 0) is 30.2 Å². The van der Waals surface area contributed by atoms with Crippen molar-refractivity contribution < 1.29 is 9.59 Å². The summed E-state index contributed by atoms with van der Waals surface area (Å²) in [5, 5.41) is 0. The molecule has 1 aliphatic rings. The van der Waals surface area contributed by atoms with Crippen molar-refractivity contribution in [1.29, 1.82) is 0 Å². The Bertz CT molecular complexity index is 712. The van der Waals surface area contributed by atoms with Gasteiger partial charge in [-0.1, -0.05) is 30.3 Å². The third-order valence-electron chi connectivity index (χ3n) is 3.65. The topological polar surface area (TPSA) is 37.4 Å². The summed E-state index contributed by atoms with van der Waals surface area (Å²) in [6.45, 7) is 2.59. The van der Waals surface area contributed by atoms with Gasteiger partial charge in [0.25, 0.3) is 0 Å². The van der Waals surface area contributed by atoms with E-state index in [4.69, 9.17) is 0 Å². The average Bonchev–Trinajstić information content (AvgIpc) is 2.51. The Kier molecular flexibility index (Phi) is 3.80. The maximum absolute atomic E-state index is 12.3. The number of anilines is 1. The lowest BCUT2D eigenvalue weighted by atomic mass is 10.1. The lowest BCUT2D eigenvalue weighted by Gasteiger charge is -2.29. The summed E-state index contributed by atoms with van der Waals surface area (Å²) >= 11 is 1.53. The molecule has 1 aliphatic heterocycles. The number of hydrogen-bond donors (Lipinski definition) is 0. The molecule has 0 atom stereocenters. The number of aryl methyl sites for hydroxylation is 1. The highest BCUT2D eigenvalue weighted by molar-refractivity contribution is 8.00. The van der Waals surface area contributed by atoms with Crippen LogP contribution in [0.4, 0.5) is 5.69 Å². The molecule has 0 spiro atoms. The molecule has 0 aromatic heterocycles. The molecule has 0 aliphatic carbocycles. The Morgan fingerprint density at radius 3 is 2.81 bits per heavy atom. The van der Waals surface area contributed by atoms with Crippen molar-refractivity contribution in [1.82, 2.24) is 0 Å². The van der Waals surface area contributed by atoms with E-state index in [1.165, 1.54) is 11.8 Å². The van der Waals surface area contributed by atoms with Crippen molar-refractivity contribution in [2.75, 3.05) is 10.7 Å². The molecular weight excluding hydrogens is 282 g/mol. The van der Waals surface area contributed by atoms with Crippen LogP contribution < -0.4 is 4.90 Å². The Morgan fingerprint density at radius 1 is 1.24 bits per heavy atom. The highest BCUT2D eigenvalue weighted by atomic mass is 32.2. The molecule has 106 valence electrons. The van der Waals surface area contributed by atoms with Gasteiger partial charge in [0.05, 0.1) is 18.0 Å². The first-order valence-electron chi connectivity index (χ1n) is 6.76. The number of rotatable bonds is 3. The second-order valence-electron chi connectivity index (χ2n) is 5.04. The van der Waals surface area contributed by atoms with E-state index in [0.29, 0.717) is 17.9 Å². The lowest BCUT2D eigenvalue weighted by molar-refractivity contribution is -0.116. The molecule has 0 bridgehead atoms. The van der Waals surface area contributed by atoms with Crippen molar-refractivity contribution in [3.63, 3.8) is 0 Å². The normalized spacial score (nSPS) is 14.0. The monoisotopic (exact) mass is 297 g/mol. The van der Waals surface area contributed by atoms with Crippen LogP contribution in [0.15, 0.2) is 47.4 Å². The number of thioether (sulfide) groups is 1. The van der Waals surface area contributed by atoms with E-state index < -0.39 is 0 Å². The second-order valence-corrected chi connectivity index (χ2v) is 6.06. The number of amides is 1. The second kappa shape index (κ2) is 5.74. The number of fused-ring (bicyclic) bond motifs is 1. The Balaban J connectivity index is 2.01. The zero-order valence-electron chi connectivity index (χ0n) is 11.7. The number of benzene rings is 2.